The highest BCUT2D eigenvalue weighted by atomic mass is 15.1. The Morgan fingerprint density at radius 2 is 0.736 bits per heavy atom. The molecule has 0 unspecified atom stereocenters. The lowest BCUT2D eigenvalue weighted by Gasteiger charge is -2.46. The molecule has 8 aromatic rings. The molecule has 0 heterocycles. The number of hydrogen-bond acceptors (Lipinski definition) is 1. The molecule has 0 bridgehead atoms. The van der Waals surface area contributed by atoms with Crippen LogP contribution in [-0.2, 0) is 10.8 Å². The molecular weight excluding hydrogens is 639 g/mol. The SMILES string of the molecule is CC1(C)c2ccccc2C2(c3ccccc3-c3c(N(c4ccccc4)c4ccc(-c5ccc(-c6ccccc6)cc5)cc4)cccc32)c2ccccc21. The predicted octanol–water partition coefficient (Wildman–Crippen LogP) is 13.5. The second-order valence-electron chi connectivity index (χ2n) is 14.9. The van der Waals surface area contributed by atoms with Gasteiger partial charge >= 0.3 is 0 Å². The maximum absolute atomic E-state index is 2.45. The topological polar surface area (TPSA) is 3.24 Å². The van der Waals surface area contributed by atoms with E-state index in [1.807, 2.05) is 0 Å². The summed E-state index contributed by atoms with van der Waals surface area (Å²) in [4.78, 5) is 2.45. The largest absolute Gasteiger partial charge is 0.310 e. The van der Waals surface area contributed by atoms with Gasteiger partial charge in [-0.15, -0.1) is 0 Å². The highest BCUT2D eigenvalue weighted by Crippen LogP contribution is 2.64. The van der Waals surface area contributed by atoms with Crippen molar-refractivity contribution in [3.05, 3.63) is 234 Å². The summed E-state index contributed by atoms with van der Waals surface area (Å²) in [5, 5.41) is 0. The zero-order valence-corrected chi connectivity index (χ0v) is 30.0. The predicted molar refractivity (Wildman–Crippen MR) is 221 cm³/mol. The van der Waals surface area contributed by atoms with E-state index < -0.39 is 5.41 Å². The molecule has 0 aliphatic heterocycles. The van der Waals surface area contributed by atoms with Crippen molar-refractivity contribution in [1.82, 2.24) is 0 Å². The number of fused-ring (bicyclic) bond motifs is 9. The summed E-state index contributed by atoms with van der Waals surface area (Å²) in [6, 6.07) is 73.8. The third kappa shape index (κ3) is 4.64. The van der Waals surface area contributed by atoms with E-state index in [9.17, 15) is 0 Å². The number of benzene rings is 8. The van der Waals surface area contributed by atoms with E-state index in [0.717, 1.165) is 11.4 Å². The monoisotopic (exact) mass is 677 g/mol. The summed E-state index contributed by atoms with van der Waals surface area (Å²) in [6.45, 7) is 4.77. The first-order chi connectivity index (χ1) is 26.1. The molecule has 0 atom stereocenters. The Bertz CT molecular complexity index is 2570. The van der Waals surface area contributed by atoms with Gasteiger partial charge in [0.25, 0.3) is 0 Å². The number of anilines is 3. The van der Waals surface area contributed by atoms with Crippen LogP contribution in [0.1, 0.15) is 47.2 Å². The molecule has 1 heteroatoms. The molecule has 0 fully saturated rings. The average molecular weight is 678 g/mol. The summed E-state index contributed by atoms with van der Waals surface area (Å²) < 4.78 is 0. The first-order valence-corrected chi connectivity index (χ1v) is 18.6. The molecule has 252 valence electrons. The Balaban J connectivity index is 1.17. The quantitative estimate of drug-likeness (QED) is 0.175. The van der Waals surface area contributed by atoms with E-state index in [0.29, 0.717) is 0 Å². The van der Waals surface area contributed by atoms with Crippen molar-refractivity contribution >= 4 is 17.1 Å². The van der Waals surface area contributed by atoms with Gasteiger partial charge in [-0.1, -0.05) is 184 Å². The van der Waals surface area contributed by atoms with Crippen molar-refractivity contribution in [1.29, 1.82) is 0 Å². The maximum atomic E-state index is 2.45. The first-order valence-electron chi connectivity index (χ1n) is 18.6. The fourth-order valence-electron chi connectivity index (χ4n) is 9.37. The summed E-state index contributed by atoms with van der Waals surface area (Å²) in [6.07, 6.45) is 0. The Morgan fingerprint density at radius 3 is 1.32 bits per heavy atom. The highest BCUT2D eigenvalue weighted by molar-refractivity contribution is 5.98. The van der Waals surface area contributed by atoms with E-state index in [1.54, 1.807) is 0 Å². The molecule has 53 heavy (non-hydrogen) atoms. The number of para-hydroxylation sites is 1. The lowest BCUT2D eigenvalue weighted by atomic mass is 9.55. The molecule has 1 spiro atoms. The van der Waals surface area contributed by atoms with Gasteiger partial charge in [-0.3, -0.25) is 0 Å². The van der Waals surface area contributed by atoms with Crippen LogP contribution in [0.2, 0.25) is 0 Å². The van der Waals surface area contributed by atoms with Crippen LogP contribution in [0.15, 0.2) is 200 Å². The van der Waals surface area contributed by atoms with E-state index in [1.165, 1.54) is 72.4 Å². The summed E-state index contributed by atoms with van der Waals surface area (Å²) in [5.74, 6) is 0. The Morgan fingerprint density at radius 1 is 0.321 bits per heavy atom. The molecule has 10 rings (SSSR count). The fraction of sp³-hybridized carbons (Fsp3) is 0.0769. The van der Waals surface area contributed by atoms with Crippen LogP contribution in [0, 0.1) is 0 Å². The minimum absolute atomic E-state index is 0.132. The molecule has 0 saturated heterocycles. The summed E-state index contributed by atoms with van der Waals surface area (Å²) >= 11 is 0. The Kier molecular flexibility index (Phi) is 7.13. The third-order valence-electron chi connectivity index (χ3n) is 11.8. The van der Waals surface area contributed by atoms with E-state index in [2.05, 4.69) is 219 Å². The van der Waals surface area contributed by atoms with Crippen LogP contribution in [-0.4, -0.2) is 0 Å². The molecule has 0 amide bonds. The minimum Gasteiger partial charge on any atom is -0.310 e. The first kappa shape index (κ1) is 31.3. The molecule has 0 radical (unpaired) electrons. The van der Waals surface area contributed by atoms with Crippen LogP contribution in [0.4, 0.5) is 17.1 Å². The minimum atomic E-state index is -0.442. The zero-order chi connectivity index (χ0) is 35.6. The van der Waals surface area contributed by atoms with E-state index in [-0.39, 0.29) is 5.41 Å². The standard InChI is InChI=1S/C52H39N/c1-51(2)44-22-11-13-24-46(44)52(47-25-14-12-23-45(47)51)43-21-10-9-20-42(43)50-48(52)26-15-27-49(50)53(40-18-7-4-8-19-40)41-34-32-39(33-35-41)38-30-28-37(29-31-38)36-16-5-3-6-17-36/h3-35H,1-2H3. The van der Waals surface area contributed by atoms with Gasteiger partial charge in [-0.2, -0.15) is 0 Å². The molecule has 2 aliphatic carbocycles. The zero-order valence-electron chi connectivity index (χ0n) is 30.0. The fourth-order valence-corrected chi connectivity index (χ4v) is 9.37. The van der Waals surface area contributed by atoms with Crippen molar-refractivity contribution in [3.63, 3.8) is 0 Å². The van der Waals surface area contributed by atoms with Crippen molar-refractivity contribution in [2.45, 2.75) is 24.7 Å². The van der Waals surface area contributed by atoms with Crippen molar-refractivity contribution in [2.24, 2.45) is 0 Å². The van der Waals surface area contributed by atoms with Crippen molar-refractivity contribution < 1.29 is 0 Å². The van der Waals surface area contributed by atoms with Crippen molar-refractivity contribution in [3.8, 4) is 33.4 Å². The normalized spacial score (nSPS) is 14.2. The maximum Gasteiger partial charge on any atom is 0.0720 e. The number of rotatable bonds is 5. The summed E-state index contributed by atoms with van der Waals surface area (Å²) in [5.41, 5.74) is 18.5. The molecule has 0 saturated carbocycles. The Labute approximate surface area is 312 Å². The Hall–Kier alpha value is -6.44. The van der Waals surface area contributed by atoms with Gasteiger partial charge in [0, 0.05) is 22.4 Å². The van der Waals surface area contributed by atoms with Gasteiger partial charge in [0.15, 0.2) is 0 Å². The molecule has 2 aliphatic rings. The van der Waals surface area contributed by atoms with E-state index in [4.69, 9.17) is 0 Å². The van der Waals surface area contributed by atoms with Crippen LogP contribution in [0.25, 0.3) is 33.4 Å². The van der Waals surface area contributed by atoms with Gasteiger partial charge in [-0.05, 0) is 91.5 Å². The molecule has 0 aromatic heterocycles. The lowest BCUT2D eigenvalue weighted by molar-refractivity contribution is 0.563. The second-order valence-corrected chi connectivity index (χ2v) is 14.9. The van der Waals surface area contributed by atoms with Gasteiger partial charge < -0.3 is 4.90 Å². The van der Waals surface area contributed by atoms with Crippen molar-refractivity contribution in [2.75, 3.05) is 4.90 Å². The van der Waals surface area contributed by atoms with Gasteiger partial charge in [-0.25, -0.2) is 0 Å². The van der Waals surface area contributed by atoms with E-state index >= 15 is 0 Å². The molecular formula is C52H39N. The van der Waals surface area contributed by atoms with Gasteiger partial charge in [0.05, 0.1) is 11.1 Å². The molecule has 1 nitrogen and oxygen atoms in total. The van der Waals surface area contributed by atoms with Crippen LogP contribution in [0.5, 0.6) is 0 Å². The second kappa shape index (κ2) is 12.1. The number of nitrogens with zero attached hydrogens (tertiary/aromatic N) is 1. The number of hydrogen-bond donors (Lipinski definition) is 0. The lowest BCUT2D eigenvalue weighted by Crippen LogP contribution is -2.40. The van der Waals surface area contributed by atoms with Crippen LogP contribution < -0.4 is 4.90 Å². The van der Waals surface area contributed by atoms with Crippen LogP contribution in [0.3, 0.4) is 0 Å². The summed E-state index contributed by atoms with van der Waals surface area (Å²) in [7, 11) is 0. The highest BCUT2D eigenvalue weighted by Gasteiger charge is 2.53. The van der Waals surface area contributed by atoms with Gasteiger partial charge in [0.2, 0.25) is 0 Å². The molecule has 0 N–H and O–H groups in total. The van der Waals surface area contributed by atoms with Crippen LogP contribution >= 0.6 is 0 Å². The van der Waals surface area contributed by atoms with Gasteiger partial charge in [0.1, 0.15) is 0 Å². The molecule has 8 aromatic carbocycles. The smallest absolute Gasteiger partial charge is 0.0720 e. The average Bonchev–Trinajstić information content (AvgIpc) is 3.53. The third-order valence-corrected chi connectivity index (χ3v) is 11.8.